The summed E-state index contributed by atoms with van der Waals surface area (Å²) < 4.78 is 1.08. The summed E-state index contributed by atoms with van der Waals surface area (Å²) in [6.45, 7) is 5.03. The second-order valence-electron chi connectivity index (χ2n) is 7.56. The number of hydrogen-bond donors (Lipinski definition) is 2. The van der Waals surface area contributed by atoms with Gasteiger partial charge in [0.05, 0.1) is 10.5 Å². The standard InChI is InChI=1S/C21H26BrN3O/c1-4-13(5-2)23-21(26)12-9-15-14-7-6-8-17-19(14)16(20(22)24-17)10-18(15)25(3)11-12/h6-9,12-13,18,24H,4-5,10-11H2,1-3H3,(H,23,26)/t12-,18-/m1/s1. The molecule has 0 bridgehead atoms. The van der Waals surface area contributed by atoms with Crippen LogP contribution >= 0.6 is 15.9 Å². The topological polar surface area (TPSA) is 48.1 Å². The van der Waals surface area contributed by atoms with E-state index in [9.17, 15) is 4.79 Å². The van der Waals surface area contributed by atoms with Crippen LogP contribution in [-0.2, 0) is 11.2 Å². The first-order valence-corrected chi connectivity index (χ1v) is 10.3. The highest BCUT2D eigenvalue weighted by molar-refractivity contribution is 9.10. The third-order valence-corrected chi connectivity index (χ3v) is 6.69. The van der Waals surface area contributed by atoms with E-state index >= 15 is 0 Å². The Morgan fingerprint density at radius 3 is 2.88 bits per heavy atom. The van der Waals surface area contributed by atoms with Gasteiger partial charge in [0.2, 0.25) is 5.91 Å². The van der Waals surface area contributed by atoms with Crippen LogP contribution in [-0.4, -0.2) is 41.5 Å². The molecule has 4 rings (SSSR count). The molecule has 26 heavy (non-hydrogen) atoms. The van der Waals surface area contributed by atoms with E-state index in [1.807, 2.05) is 0 Å². The van der Waals surface area contributed by atoms with E-state index in [4.69, 9.17) is 0 Å². The molecule has 2 N–H and O–H groups in total. The Morgan fingerprint density at radius 2 is 2.15 bits per heavy atom. The van der Waals surface area contributed by atoms with Gasteiger partial charge in [0.15, 0.2) is 0 Å². The minimum atomic E-state index is -0.0916. The number of amides is 1. The fraction of sp³-hybridized carbons (Fsp3) is 0.476. The van der Waals surface area contributed by atoms with Gasteiger partial charge in [0, 0.05) is 29.5 Å². The van der Waals surface area contributed by atoms with Crippen LogP contribution in [0.5, 0.6) is 0 Å². The predicted octanol–water partition coefficient (Wildman–Crippen LogP) is 4.10. The molecule has 138 valence electrons. The van der Waals surface area contributed by atoms with Gasteiger partial charge in [-0.3, -0.25) is 9.69 Å². The van der Waals surface area contributed by atoms with E-state index in [2.05, 4.69) is 76.3 Å². The highest BCUT2D eigenvalue weighted by Gasteiger charge is 2.36. The molecule has 0 saturated heterocycles. The number of benzene rings is 1. The molecule has 0 spiro atoms. The highest BCUT2D eigenvalue weighted by atomic mass is 79.9. The van der Waals surface area contributed by atoms with Gasteiger partial charge in [-0.15, -0.1) is 0 Å². The smallest absolute Gasteiger partial charge is 0.228 e. The average molecular weight is 416 g/mol. The fourth-order valence-electron chi connectivity index (χ4n) is 4.46. The van der Waals surface area contributed by atoms with Gasteiger partial charge in [-0.1, -0.05) is 32.1 Å². The zero-order chi connectivity index (χ0) is 18.4. The van der Waals surface area contributed by atoms with Gasteiger partial charge < -0.3 is 10.3 Å². The van der Waals surface area contributed by atoms with Crippen molar-refractivity contribution in [2.75, 3.05) is 13.6 Å². The SMILES string of the molecule is CCC(CC)NC(=O)[C@@H]1C=C2c3cccc4[nH]c(Br)c(c34)C[C@H]2N(C)C1. The van der Waals surface area contributed by atoms with Gasteiger partial charge in [-0.05, 0) is 65.0 Å². The summed E-state index contributed by atoms with van der Waals surface area (Å²) in [5.74, 6) is 0.0655. The van der Waals surface area contributed by atoms with Crippen LogP contribution < -0.4 is 5.32 Å². The van der Waals surface area contributed by atoms with Crippen molar-refractivity contribution in [2.24, 2.45) is 5.92 Å². The predicted molar refractivity (Wildman–Crippen MR) is 110 cm³/mol. The van der Waals surface area contributed by atoms with Gasteiger partial charge in [0.25, 0.3) is 0 Å². The van der Waals surface area contributed by atoms with Crippen molar-refractivity contribution in [3.63, 3.8) is 0 Å². The molecule has 0 radical (unpaired) electrons. The first kappa shape index (κ1) is 17.8. The van der Waals surface area contributed by atoms with Crippen molar-refractivity contribution >= 4 is 38.3 Å². The number of likely N-dealkylation sites (N-methyl/N-ethyl adjacent to an activating group) is 1. The van der Waals surface area contributed by atoms with Gasteiger partial charge >= 0.3 is 0 Å². The zero-order valence-electron chi connectivity index (χ0n) is 15.6. The van der Waals surface area contributed by atoms with Crippen molar-refractivity contribution in [2.45, 2.75) is 45.2 Å². The summed E-state index contributed by atoms with van der Waals surface area (Å²) in [7, 11) is 2.14. The maximum Gasteiger partial charge on any atom is 0.228 e. The van der Waals surface area contributed by atoms with Gasteiger partial charge in [0.1, 0.15) is 0 Å². The number of nitrogens with one attached hydrogen (secondary N) is 2. The van der Waals surface area contributed by atoms with Crippen LogP contribution in [0, 0.1) is 5.92 Å². The largest absolute Gasteiger partial charge is 0.353 e. The summed E-state index contributed by atoms with van der Waals surface area (Å²) in [4.78, 5) is 18.6. The Morgan fingerprint density at radius 1 is 1.38 bits per heavy atom. The summed E-state index contributed by atoms with van der Waals surface area (Å²) >= 11 is 3.69. The Hall–Kier alpha value is -1.59. The number of H-pyrrole nitrogens is 1. The number of aromatic nitrogens is 1. The maximum atomic E-state index is 12.8. The van der Waals surface area contributed by atoms with Gasteiger partial charge in [-0.25, -0.2) is 0 Å². The molecule has 0 fully saturated rings. The second-order valence-corrected chi connectivity index (χ2v) is 8.35. The summed E-state index contributed by atoms with van der Waals surface area (Å²) in [6, 6.07) is 7.02. The normalized spacial score (nSPS) is 22.4. The first-order valence-electron chi connectivity index (χ1n) is 9.55. The van der Waals surface area contributed by atoms with Crippen LogP contribution in [0.15, 0.2) is 28.9 Å². The Labute approximate surface area is 163 Å². The number of carbonyl (C=O) groups excluding carboxylic acids is 1. The third kappa shape index (κ3) is 2.81. The quantitative estimate of drug-likeness (QED) is 0.789. The van der Waals surface area contributed by atoms with E-state index in [1.165, 1.54) is 22.1 Å². The number of rotatable bonds is 4. The number of fused-ring (bicyclic) bond motifs is 2. The summed E-state index contributed by atoms with van der Waals surface area (Å²) in [5, 5.41) is 4.53. The molecular formula is C21H26BrN3O. The molecule has 4 nitrogen and oxygen atoms in total. The molecule has 0 unspecified atom stereocenters. The molecule has 1 aromatic heterocycles. The van der Waals surface area contributed by atoms with E-state index < -0.39 is 0 Å². The van der Waals surface area contributed by atoms with E-state index in [0.717, 1.165) is 35.9 Å². The summed E-state index contributed by atoms with van der Waals surface area (Å²) in [6.07, 6.45) is 5.15. The molecular weight excluding hydrogens is 390 g/mol. The van der Waals surface area contributed by atoms with Crippen LogP contribution in [0.1, 0.15) is 37.8 Å². The minimum absolute atomic E-state index is 0.0916. The number of hydrogen-bond acceptors (Lipinski definition) is 2. The third-order valence-electron chi connectivity index (χ3n) is 6.01. The van der Waals surface area contributed by atoms with Crippen LogP contribution in [0.25, 0.3) is 16.5 Å². The molecule has 2 atom stereocenters. The second kappa shape index (κ2) is 6.86. The lowest BCUT2D eigenvalue weighted by molar-refractivity contribution is -0.125. The number of halogens is 1. The van der Waals surface area contributed by atoms with Crippen LogP contribution in [0.3, 0.4) is 0 Å². The Bertz CT molecular complexity index is 881. The van der Waals surface area contributed by atoms with Crippen molar-refractivity contribution in [3.8, 4) is 0 Å². The Kier molecular flexibility index (Phi) is 4.70. The first-order chi connectivity index (χ1) is 12.5. The Balaban J connectivity index is 1.74. The maximum absolute atomic E-state index is 12.8. The molecule has 0 saturated carbocycles. The van der Waals surface area contributed by atoms with Crippen molar-refractivity contribution in [1.82, 2.24) is 15.2 Å². The highest BCUT2D eigenvalue weighted by Crippen LogP contribution is 2.43. The fourth-order valence-corrected chi connectivity index (χ4v) is 5.03. The molecule has 2 aliphatic rings. The average Bonchev–Trinajstić information content (AvgIpc) is 2.97. The van der Waals surface area contributed by atoms with Crippen LogP contribution in [0.4, 0.5) is 0 Å². The summed E-state index contributed by atoms with van der Waals surface area (Å²) in [5.41, 5.74) is 5.08. The number of aromatic amines is 1. The van der Waals surface area contributed by atoms with Crippen molar-refractivity contribution in [3.05, 3.63) is 40.0 Å². The molecule has 2 aromatic rings. The van der Waals surface area contributed by atoms with Crippen molar-refractivity contribution in [1.29, 1.82) is 0 Å². The zero-order valence-corrected chi connectivity index (χ0v) is 17.2. The lowest BCUT2D eigenvalue weighted by Gasteiger charge is -2.39. The molecule has 1 aliphatic heterocycles. The van der Waals surface area contributed by atoms with Crippen molar-refractivity contribution < 1.29 is 4.79 Å². The molecule has 1 aromatic carbocycles. The lowest BCUT2D eigenvalue weighted by Crippen LogP contribution is -2.48. The number of nitrogens with zero attached hydrogens (tertiary/aromatic N) is 1. The van der Waals surface area contributed by atoms with E-state index in [1.54, 1.807) is 0 Å². The van der Waals surface area contributed by atoms with E-state index in [-0.39, 0.29) is 17.9 Å². The molecule has 1 aliphatic carbocycles. The molecule has 1 amide bonds. The number of carbonyl (C=O) groups is 1. The van der Waals surface area contributed by atoms with Gasteiger partial charge in [-0.2, -0.15) is 0 Å². The molecule has 5 heteroatoms. The van der Waals surface area contributed by atoms with Crippen LogP contribution in [0.2, 0.25) is 0 Å². The lowest BCUT2D eigenvalue weighted by atomic mass is 9.79. The monoisotopic (exact) mass is 415 g/mol. The molecule has 2 heterocycles. The minimum Gasteiger partial charge on any atom is -0.353 e. The van der Waals surface area contributed by atoms with E-state index in [0.29, 0.717) is 6.04 Å².